The Hall–Kier alpha value is -2.07. The smallest absolute Gasteiger partial charge is 0.319 e. The molecule has 0 amide bonds. The SMILES string of the molecule is Fc1ccc(Nc2nnc(SCc3nccn3C(F)F)s2)cc1. The Morgan fingerprint density at radius 1 is 1.22 bits per heavy atom. The van der Waals surface area contributed by atoms with E-state index >= 15 is 0 Å². The van der Waals surface area contributed by atoms with Gasteiger partial charge in [0.2, 0.25) is 5.13 Å². The summed E-state index contributed by atoms with van der Waals surface area (Å²) in [6.45, 7) is -2.61. The van der Waals surface area contributed by atoms with Gasteiger partial charge in [-0.2, -0.15) is 8.78 Å². The summed E-state index contributed by atoms with van der Waals surface area (Å²) >= 11 is 2.55. The van der Waals surface area contributed by atoms with Crippen molar-refractivity contribution in [3.63, 3.8) is 0 Å². The van der Waals surface area contributed by atoms with E-state index in [1.165, 1.54) is 47.6 Å². The normalized spacial score (nSPS) is 11.1. The molecule has 120 valence electrons. The maximum absolute atomic E-state index is 12.8. The molecule has 3 aromatic rings. The number of thioether (sulfide) groups is 1. The lowest BCUT2D eigenvalue weighted by Crippen LogP contribution is -2.01. The van der Waals surface area contributed by atoms with Crippen LogP contribution in [0.15, 0.2) is 41.0 Å². The average Bonchev–Trinajstić information content (AvgIpc) is 3.16. The summed E-state index contributed by atoms with van der Waals surface area (Å²) in [6, 6.07) is 5.85. The molecule has 23 heavy (non-hydrogen) atoms. The molecule has 10 heteroatoms. The van der Waals surface area contributed by atoms with Gasteiger partial charge in [-0.1, -0.05) is 23.1 Å². The maximum atomic E-state index is 12.8. The minimum atomic E-state index is -2.61. The summed E-state index contributed by atoms with van der Waals surface area (Å²) in [6.07, 6.45) is 2.58. The van der Waals surface area contributed by atoms with Gasteiger partial charge in [0, 0.05) is 18.1 Å². The number of hydrogen-bond donors (Lipinski definition) is 1. The van der Waals surface area contributed by atoms with Gasteiger partial charge in [0.1, 0.15) is 11.6 Å². The Kier molecular flexibility index (Phi) is 4.82. The monoisotopic (exact) mass is 357 g/mol. The standard InChI is InChI=1S/C13H10F3N5S2/c14-8-1-3-9(4-2-8)18-12-19-20-13(23-12)22-7-10-17-5-6-21(10)11(15)16/h1-6,11H,7H2,(H,18,19). The number of rotatable bonds is 6. The number of alkyl halides is 2. The molecule has 0 spiro atoms. The molecular formula is C13H10F3N5S2. The first-order valence-electron chi connectivity index (χ1n) is 6.40. The molecule has 3 rings (SSSR count). The third-order valence-corrected chi connectivity index (χ3v) is 4.75. The van der Waals surface area contributed by atoms with Crippen molar-refractivity contribution in [3.8, 4) is 0 Å². The van der Waals surface area contributed by atoms with Crippen molar-refractivity contribution >= 4 is 33.9 Å². The minimum absolute atomic E-state index is 0.266. The summed E-state index contributed by atoms with van der Waals surface area (Å²) in [7, 11) is 0. The van der Waals surface area contributed by atoms with Crippen molar-refractivity contribution < 1.29 is 13.2 Å². The molecule has 2 aromatic heterocycles. The predicted octanol–water partition coefficient (Wildman–Crippen LogP) is 4.30. The summed E-state index contributed by atoms with van der Waals surface area (Å²) in [4.78, 5) is 3.90. The van der Waals surface area contributed by atoms with Gasteiger partial charge in [-0.15, -0.1) is 10.2 Å². The molecule has 0 atom stereocenters. The first kappa shape index (κ1) is 15.8. The number of halogens is 3. The highest BCUT2D eigenvalue weighted by Crippen LogP contribution is 2.30. The Balaban J connectivity index is 1.61. The van der Waals surface area contributed by atoms with Crippen LogP contribution in [0, 0.1) is 5.82 Å². The minimum Gasteiger partial charge on any atom is -0.330 e. The van der Waals surface area contributed by atoms with Crippen LogP contribution in [0.2, 0.25) is 0 Å². The second-order valence-electron chi connectivity index (χ2n) is 4.32. The fourth-order valence-corrected chi connectivity index (χ4v) is 3.46. The summed E-state index contributed by atoms with van der Waals surface area (Å²) in [5, 5.41) is 11.5. The fourth-order valence-electron chi connectivity index (χ4n) is 1.74. The van der Waals surface area contributed by atoms with E-state index in [0.29, 0.717) is 15.2 Å². The second-order valence-corrected chi connectivity index (χ2v) is 6.52. The Morgan fingerprint density at radius 2 is 2.00 bits per heavy atom. The highest BCUT2D eigenvalue weighted by atomic mass is 32.2. The molecule has 0 unspecified atom stereocenters. The maximum Gasteiger partial charge on any atom is 0.319 e. The highest BCUT2D eigenvalue weighted by Gasteiger charge is 2.13. The molecule has 0 saturated carbocycles. The first-order chi connectivity index (χ1) is 11.1. The Morgan fingerprint density at radius 3 is 2.74 bits per heavy atom. The van der Waals surface area contributed by atoms with E-state index in [0.717, 1.165) is 4.57 Å². The van der Waals surface area contributed by atoms with Crippen LogP contribution in [-0.4, -0.2) is 19.7 Å². The number of nitrogens with zero attached hydrogens (tertiary/aromatic N) is 4. The van der Waals surface area contributed by atoms with Crippen LogP contribution in [0.25, 0.3) is 0 Å². The first-order valence-corrected chi connectivity index (χ1v) is 8.21. The molecule has 0 bridgehead atoms. The average molecular weight is 357 g/mol. The summed E-state index contributed by atoms with van der Waals surface area (Å²) < 4.78 is 39.7. The zero-order valence-corrected chi connectivity index (χ0v) is 13.1. The van der Waals surface area contributed by atoms with E-state index < -0.39 is 6.55 Å². The van der Waals surface area contributed by atoms with Crippen LogP contribution in [0.1, 0.15) is 12.4 Å². The van der Waals surface area contributed by atoms with Crippen molar-refractivity contribution in [2.45, 2.75) is 16.6 Å². The second kappa shape index (κ2) is 7.01. The quantitative estimate of drug-likeness (QED) is 0.667. The van der Waals surface area contributed by atoms with Crippen molar-refractivity contribution in [1.82, 2.24) is 19.7 Å². The largest absolute Gasteiger partial charge is 0.330 e. The molecule has 5 nitrogen and oxygen atoms in total. The van der Waals surface area contributed by atoms with Gasteiger partial charge in [0.25, 0.3) is 0 Å². The van der Waals surface area contributed by atoms with E-state index in [4.69, 9.17) is 0 Å². The predicted molar refractivity (Wildman–Crippen MR) is 82.6 cm³/mol. The van der Waals surface area contributed by atoms with Crippen molar-refractivity contribution in [1.29, 1.82) is 0 Å². The van der Waals surface area contributed by atoms with Crippen LogP contribution in [0.3, 0.4) is 0 Å². The van der Waals surface area contributed by atoms with Gasteiger partial charge in [-0.25, -0.2) is 9.37 Å². The molecule has 0 saturated heterocycles. The molecule has 1 N–H and O–H groups in total. The third kappa shape index (κ3) is 4.02. The number of benzene rings is 1. The van der Waals surface area contributed by atoms with Gasteiger partial charge < -0.3 is 5.32 Å². The van der Waals surface area contributed by atoms with Gasteiger partial charge in [-0.05, 0) is 24.3 Å². The number of imidazole rings is 1. The zero-order valence-electron chi connectivity index (χ0n) is 11.5. The Labute approximate surface area is 137 Å². The zero-order chi connectivity index (χ0) is 16.2. The van der Waals surface area contributed by atoms with Gasteiger partial charge in [0.05, 0.1) is 5.75 Å². The lowest BCUT2D eigenvalue weighted by Gasteiger charge is -2.04. The molecule has 2 heterocycles. The van der Waals surface area contributed by atoms with E-state index in [9.17, 15) is 13.2 Å². The Bertz CT molecular complexity index is 772. The van der Waals surface area contributed by atoms with Crippen molar-refractivity contribution in [3.05, 3.63) is 48.3 Å². The van der Waals surface area contributed by atoms with E-state index in [1.807, 2.05) is 0 Å². The van der Waals surface area contributed by atoms with Crippen molar-refractivity contribution in [2.24, 2.45) is 0 Å². The van der Waals surface area contributed by atoms with E-state index in [1.54, 1.807) is 12.1 Å². The van der Waals surface area contributed by atoms with Crippen LogP contribution in [0.5, 0.6) is 0 Å². The lowest BCUT2D eigenvalue weighted by atomic mass is 10.3. The topological polar surface area (TPSA) is 55.6 Å². The molecule has 0 aliphatic rings. The van der Waals surface area contributed by atoms with Gasteiger partial charge in [0.15, 0.2) is 4.34 Å². The highest BCUT2D eigenvalue weighted by molar-refractivity contribution is 8.00. The molecule has 0 aliphatic carbocycles. The molecule has 1 aromatic carbocycles. The fraction of sp³-hybridized carbons (Fsp3) is 0.154. The number of nitrogens with one attached hydrogen (secondary N) is 1. The molecule has 0 fully saturated rings. The van der Waals surface area contributed by atoms with E-state index in [-0.39, 0.29) is 17.4 Å². The third-order valence-electron chi connectivity index (χ3n) is 2.79. The lowest BCUT2D eigenvalue weighted by molar-refractivity contribution is 0.0678. The molecular weight excluding hydrogens is 347 g/mol. The van der Waals surface area contributed by atoms with Gasteiger partial charge >= 0.3 is 6.55 Å². The summed E-state index contributed by atoms with van der Waals surface area (Å²) in [5.74, 6) is 0.217. The number of aromatic nitrogens is 4. The number of anilines is 2. The van der Waals surface area contributed by atoms with Crippen molar-refractivity contribution in [2.75, 3.05) is 5.32 Å². The van der Waals surface area contributed by atoms with Crippen LogP contribution >= 0.6 is 23.1 Å². The van der Waals surface area contributed by atoms with Crippen LogP contribution in [0.4, 0.5) is 24.0 Å². The van der Waals surface area contributed by atoms with Crippen LogP contribution < -0.4 is 5.32 Å². The number of hydrogen-bond acceptors (Lipinski definition) is 6. The summed E-state index contributed by atoms with van der Waals surface area (Å²) in [5.41, 5.74) is 0.687. The molecule has 0 aliphatic heterocycles. The van der Waals surface area contributed by atoms with Crippen LogP contribution in [-0.2, 0) is 5.75 Å². The van der Waals surface area contributed by atoms with Gasteiger partial charge in [-0.3, -0.25) is 4.57 Å². The molecule has 0 radical (unpaired) electrons. The van der Waals surface area contributed by atoms with E-state index in [2.05, 4.69) is 20.5 Å².